The van der Waals surface area contributed by atoms with Gasteiger partial charge in [0, 0.05) is 17.0 Å². The number of hydrogen-bond acceptors (Lipinski definition) is 2. The highest BCUT2D eigenvalue weighted by molar-refractivity contribution is 6.11. The average molecular weight is 212 g/mol. The summed E-state index contributed by atoms with van der Waals surface area (Å²) in [5, 5.41) is 12.5. The zero-order chi connectivity index (χ0) is 11.1. The number of aromatic nitrogens is 1. The number of aromatic amines is 1. The Bertz CT molecular complexity index is 700. The van der Waals surface area contributed by atoms with Gasteiger partial charge >= 0.3 is 0 Å². The lowest BCUT2D eigenvalue weighted by atomic mass is 10.1. The molecule has 0 spiro atoms. The second kappa shape index (κ2) is 3.06. The van der Waals surface area contributed by atoms with Crippen molar-refractivity contribution in [2.75, 3.05) is 0 Å². The molecule has 1 aromatic heterocycles. The minimum absolute atomic E-state index is 0.148. The summed E-state index contributed by atoms with van der Waals surface area (Å²) < 4.78 is 0. The topological polar surface area (TPSA) is 58.9 Å². The van der Waals surface area contributed by atoms with Gasteiger partial charge in [-0.05, 0) is 12.1 Å². The van der Waals surface area contributed by atoms with Gasteiger partial charge in [-0.2, -0.15) is 0 Å². The van der Waals surface area contributed by atoms with Crippen molar-refractivity contribution in [3.05, 3.63) is 52.6 Å². The number of H-pyrrole nitrogens is 1. The van der Waals surface area contributed by atoms with E-state index in [9.17, 15) is 10.1 Å². The standard InChI is InChI=1S/C12H8N2O2/c15-14(16)11-7-3-6-10-12(11)8-4-1-2-5-9(8)13-10/h1-7,13H. The van der Waals surface area contributed by atoms with Gasteiger partial charge in [-0.3, -0.25) is 10.1 Å². The van der Waals surface area contributed by atoms with Gasteiger partial charge in [0.1, 0.15) is 0 Å². The van der Waals surface area contributed by atoms with Gasteiger partial charge in [-0.25, -0.2) is 0 Å². The first-order valence-corrected chi connectivity index (χ1v) is 4.91. The van der Waals surface area contributed by atoms with Crippen molar-refractivity contribution in [3.8, 4) is 0 Å². The second-order valence-electron chi connectivity index (χ2n) is 3.63. The van der Waals surface area contributed by atoms with Crippen molar-refractivity contribution in [1.82, 2.24) is 4.98 Å². The number of para-hydroxylation sites is 1. The predicted molar refractivity (Wildman–Crippen MR) is 62.5 cm³/mol. The molecule has 0 aliphatic heterocycles. The van der Waals surface area contributed by atoms with E-state index in [0.717, 1.165) is 16.4 Å². The van der Waals surface area contributed by atoms with Crippen LogP contribution in [0.5, 0.6) is 0 Å². The molecule has 0 amide bonds. The third-order valence-corrected chi connectivity index (χ3v) is 2.70. The van der Waals surface area contributed by atoms with E-state index < -0.39 is 0 Å². The van der Waals surface area contributed by atoms with Crippen LogP contribution in [0.1, 0.15) is 0 Å². The van der Waals surface area contributed by atoms with Crippen LogP contribution in [0.3, 0.4) is 0 Å². The Kier molecular flexibility index (Phi) is 1.71. The maximum Gasteiger partial charge on any atom is 0.279 e. The number of nitrogens with one attached hydrogen (secondary N) is 1. The largest absolute Gasteiger partial charge is 0.354 e. The minimum atomic E-state index is -0.345. The van der Waals surface area contributed by atoms with Crippen molar-refractivity contribution < 1.29 is 4.92 Å². The first-order valence-electron chi connectivity index (χ1n) is 4.91. The maximum absolute atomic E-state index is 10.9. The third-order valence-electron chi connectivity index (χ3n) is 2.70. The van der Waals surface area contributed by atoms with Gasteiger partial charge in [-0.15, -0.1) is 0 Å². The molecule has 3 aromatic rings. The number of nitro groups is 1. The molecule has 0 aliphatic carbocycles. The quantitative estimate of drug-likeness (QED) is 0.497. The lowest BCUT2D eigenvalue weighted by Crippen LogP contribution is -1.87. The smallest absolute Gasteiger partial charge is 0.279 e. The summed E-state index contributed by atoms with van der Waals surface area (Å²) in [5.41, 5.74) is 1.87. The number of rotatable bonds is 1. The number of fused-ring (bicyclic) bond motifs is 3. The van der Waals surface area contributed by atoms with E-state index in [1.807, 2.05) is 30.3 Å². The molecule has 78 valence electrons. The number of non-ortho nitro benzene ring substituents is 1. The molecule has 0 aliphatic rings. The molecule has 4 nitrogen and oxygen atoms in total. The Hall–Kier alpha value is -2.36. The third kappa shape index (κ3) is 1.10. The molecule has 16 heavy (non-hydrogen) atoms. The van der Waals surface area contributed by atoms with Gasteiger partial charge in [0.15, 0.2) is 0 Å². The Morgan fingerprint density at radius 1 is 1.00 bits per heavy atom. The molecular formula is C12H8N2O2. The van der Waals surface area contributed by atoms with Crippen LogP contribution in [0.2, 0.25) is 0 Å². The monoisotopic (exact) mass is 212 g/mol. The fourth-order valence-electron chi connectivity index (χ4n) is 2.03. The number of benzene rings is 2. The lowest BCUT2D eigenvalue weighted by Gasteiger charge is -1.93. The molecule has 0 bridgehead atoms. The molecule has 4 heteroatoms. The summed E-state index contributed by atoms with van der Waals surface area (Å²) in [4.78, 5) is 13.8. The molecular weight excluding hydrogens is 204 g/mol. The summed E-state index contributed by atoms with van der Waals surface area (Å²) in [6.07, 6.45) is 0. The van der Waals surface area contributed by atoms with Crippen molar-refractivity contribution in [2.24, 2.45) is 0 Å². The first-order chi connectivity index (χ1) is 7.77. The number of nitrogens with zero attached hydrogens (tertiary/aromatic N) is 1. The lowest BCUT2D eigenvalue weighted by molar-refractivity contribution is -0.383. The molecule has 0 saturated heterocycles. The molecule has 1 N–H and O–H groups in total. The van der Waals surface area contributed by atoms with Crippen LogP contribution in [-0.4, -0.2) is 9.91 Å². The van der Waals surface area contributed by atoms with Gasteiger partial charge in [0.2, 0.25) is 0 Å². The van der Waals surface area contributed by atoms with E-state index in [-0.39, 0.29) is 10.6 Å². The highest BCUT2D eigenvalue weighted by atomic mass is 16.6. The van der Waals surface area contributed by atoms with Crippen molar-refractivity contribution in [2.45, 2.75) is 0 Å². The van der Waals surface area contributed by atoms with Crippen LogP contribution >= 0.6 is 0 Å². The number of hydrogen-bond donors (Lipinski definition) is 1. The van der Waals surface area contributed by atoms with Crippen molar-refractivity contribution in [1.29, 1.82) is 0 Å². The maximum atomic E-state index is 10.9. The SMILES string of the molecule is O=[N+]([O-])c1cccc2[nH]c3ccccc3c12. The van der Waals surface area contributed by atoms with Gasteiger partial charge < -0.3 is 4.98 Å². The Morgan fingerprint density at radius 2 is 1.75 bits per heavy atom. The van der Waals surface area contributed by atoms with Gasteiger partial charge in [0.25, 0.3) is 5.69 Å². The van der Waals surface area contributed by atoms with E-state index in [0.29, 0.717) is 5.39 Å². The fourth-order valence-corrected chi connectivity index (χ4v) is 2.03. The fraction of sp³-hybridized carbons (Fsp3) is 0. The van der Waals surface area contributed by atoms with Gasteiger partial charge in [0.05, 0.1) is 15.8 Å². The molecule has 1 heterocycles. The van der Waals surface area contributed by atoms with Gasteiger partial charge in [-0.1, -0.05) is 24.3 Å². The molecule has 0 saturated carbocycles. The molecule has 3 rings (SSSR count). The second-order valence-corrected chi connectivity index (χ2v) is 3.63. The Morgan fingerprint density at radius 3 is 2.56 bits per heavy atom. The first kappa shape index (κ1) is 8.91. The van der Waals surface area contributed by atoms with E-state index in [1.165, 1.54) is 6.07 Å². The van der Waals surface area contributed by atoms with Crippen LogP contribution < -0.4 is 0 Å². The molecule has 0 radical (unpaired) electrons. The highest BCUT2D eigenvalue weighted by Gasteiger charge is 2.15. The van der Waals surface area contributed by atoms with Crippen LogP contribution in [0.4, 0.5) is 5.69 Å². The summed E-state index contributed by atoms with van der Waals surface area (Å²) in [6.45, 7) is 0. The van der Waals surface area contributed by atoms with Crippen LogP contribution in [0, 0.1) is 10.1 Å². The molecule has 0 atom stereocenters. The number of nitro benzene ring substituents is 1. The van der Waals surface area contributed by atoms with E-state index >= 15 is 0 Å². The minimum Gasteiger partial charge on any atom is -0.354 e. The van der Waals surface area contributed by atoms with E-state index in [2.05, 4.69) is 4.98 Å². The Labute approximate surface area is 90.7 Å². The molecule has 2 aromatic carbocycles. The van der Waals surface area contributed by atoms with Crippen molar-refractivity contribution in [3.63, 3.8) is 0 Å². The van der Waals surface area contributed by atoms with E-state index in [1.54, 1.807) is 6.07 Å². The summed E-state index contributed by atoms with van der Waals surface area (Å²) >= 11 is 0. The normalized spacial score (nSPS) is 11.0. The van der Waals surface area contributed by atoms with Crippen LogP contribution in [-0.2, 0) is 0 Å². The zero-order valence-electron chi connectivity index (χ0n) is 8.31. The van der Waals surface area contributed by atoms with E-state index in [4.69, 9.17) is 0 Å². The summed E-state index contributed by atoms with van der Waals surface area (Å²) in [5.74, 6) is 0. The van der Waals surface area contributed by atoms with Crippen molar-refractivity contribution >= 4 is 27.5 Å². The molecule has 0 unspecified atom stereocenters. The van der Waals surface area contributed by atoms with Crippen LogP contribution in [0.15, 0.2) is 42.5 Å². The zero-order valence-corrected chi connectivity index (χ0v) is 8.31. The summed E-state index contributed by atoms with van der Waals surface area (Å²) in [6, 6.07) is 12.7. The molecule has 0 fully saturated rings. The predicted octanol–water partition coefficient (Wildman–Crippen LogP) is 3.23. The van der Waals surface area contributed by atoms with Crippen LogP contribution in [0.25, 0.3) is 21.8 Å². The summed E-state index contributed by atoms with van der Waals surface area (Å²) in [7, 11) is 0. The average Bonchev–Trinajstić information content (AvgIpc) is 2.66. The highest BCUT2D eigenvalue weighted by Crippen LogP contribution is 2.32. The Balaban J connectivity index is 2.57.